The van der Waals surface area contributed by atoms with Crippen molar-refractivity contribution in [1.82, 2.24) is 14.8 Å². The summed E-state index contributed by atoms with van der Waals surface area (Å²) in [7, 11) is 1.68. The molecule has 0 saturated carbocycles. The van der Waals surface area contributed by atoms with E-state index in [0.29, 0.717) is 12.4 Å². The van der Waals surface area contributed by atoms with Gasteiger partial charge in [-0.2, -0.15) is 5.26 Å². The first-order chi connectivity index (χ1) is 14.7. The zero-order chi connectivity index (χ0) is 20.9. The number of aliphatic hydroxyl groups excluding tert-OH is 1. The molecule has 0 spiro atoms. The van der Waals surface area contributed by atoms with Gasteiger partial charge in [-0.05, 0) is 25.0 Å². The predicted molar refractivity (Wildman–Crippen MR) is 114 cm³/mol. The van der Waals surface area contributed by atoms with Gasteiger partial charge in [0.2, 0.25) is 0 Å². The number of fused-ring (bicyclic) bond motifs is 1. The summed E-state index contributed by atoms with van der Waals surface area (Å²) in [6.45, 7) is 4.78. The van der Waals surface area contributed by atoms with E-state index in [9.17, 15) is 10.4 Å². The van der Waals surface area contributed by atoms with Crippen LogP contribution in [-0.4, -0.2) is 59.7 Å². The molecule has 2 aromatic rings. The number of aromatic nitrogens is 3. The molecule has 158 valence electrons. The fraction of sp³-hybridized carbons (Fsp3) is 0.500. The van der Waals surface area contributed by atoms with Crippen LogP contribution in [0, 0.1) is 11.3 Å². The molecular weight excluding hydrogens is 380 g/mol. The summed E-state index contributed by atoms with van der Waals surface area (Å²) in [5.74, 6) is 2.40. The predicted octanol–water partition coefficient (Wildman–Crippen LogP) is 1.21. The highest BCUT2D eigenvalue weighted by Gasteiger charge is 2.25. The molecule has 1 aromatic carbocycles. The van der Waals surface area contributed by atoms with Gasteiger partial charge in [-0.3, -0.25) is 0 Å². The maximum Gasteiger partial charge on any atom is 0.178 e. The Kier molecular flexibility index (Phi) is 6.19. The standard InChI is InChI=1S/C22H28N6O2/c1-30-18-7-5-6-17(14-18)27-12-10-26(11-13-27)16-20(29)19(15-23)22-25-24-21-8-3-2-4-9-28(21)22/h5-7,14,29H,2-4,8-13,16H2,1H3/p+1/b20-19-. The van der Waals surface area contributed by atoms with Crippen molar-refractivity contribution >= 4 is 11.3 Å². The summed E-state index contributed by atoms with van der Waals surface area (Å²) in [4.78, 5) is 3.59. The van der Waals surface area contributed by atoms with Crippen molar-refractivity contribution < 1.29 is 14.7 Å². The van der Waals surface area contributed by atoms with Gasteiger partial charge in [-0.15, -0.1) is 10.2 Å². The Morgan fingerprint density at radius 3 is 2.80 bits per heavy atom. The largest absolute Gasteiger partial charge is 0.506 e. The number of ether oxygens (including phenoxy) is 1. The molecule has 0 atom stereocenters. The second-order valence-corrected chi connectivity index (χ2v) is 7.95. The number of hydrogen-bond donors (Lipinski definition) is 2. The smallest absolute Gasteiger partial charge is 0.178 e. The van der Waals surface area contributed by atoms with Gasteiger partial charge in [-0.25, -0.2) is 0 Å². The first-order valence-corrected chi connectivity index (χ1v) is 10.7. The fourth-order valence-electron chi connectivity index (χ4n) is 4.30. The average molecular weight is 410 g/mol. The Hall–Kier alpha value is -3.05. The number of hydrogen-bond acceptors (Lipinski definition) is 6. The van der Waals surface area contributed by atoms with Crippen LogP contribution < -0.4 is 14.5 Å². The molecule has 2 N–H and O–H groups in total. The normalized spacial score (nSPS) is 18.2. The van der Waals surface area contributed by atoms with Gasteiger partial charge in [0.1, 0.15) is 29.8 Å². The fourth-order valence-corrected chi connectivity index (χ4v) is 4.30. The number of nitrogens with one attached hydrogen (secondary N) is 1. The molecule has 2 aliphatic heterocycles. The van der Waals surface area contributed by atoms with E-state index >= 15 is 0 Å². The number of rotatable bonds is 5. The third-order valence-corrected chi connectivity index (χ3v) is 6.04. The van der Waals surface area contributed by atoms with Crippen LogP contribution in [0.2, 0.25) is 0 Å². The Labute approximate surface area is 177 Å². The first-order valence-electron chi connectivity index (χ1n) is 10.7. The topological polar surface area (TPSA) is 91.6 Å². The van der Waals surface area contributed by atoms with E-state index in [1.165, 1.54) is 4.90 Å². The highest BCUT2D eigenvalue weighted by atomic mass is 16.5. The van der Waals surface area contributed by atoms with Crippen molar-refractivity contribution in [2.45, 2.75) is 32.2 Å². The number of allylic oxidation sites excluding steroid dienone is 1. The summed E-state index contributed by atoms with van der Waals surface area (Å²) in [5.41, 5.74) is 1.41. The van der Waals surface area contributed by atoms with Crippen molar-refractivity contribution in [1.29, 1.82) is 5.26 Å². The van der Waals surface area contributed by atoms with Gasteiger partial charge < -0.3 is 24.2 Å². The third kappa shape index (κ3) is 4.26. The summed E-state index contributed by atoms with van der Waals surface area (Å²) >= 11 is 0. The summed E-state index contributed by atoms with van der Waals surface area (Å²) < 4.78 is 7.34. The molecule has 8 nitrogen and oxygen atoms in total. The SMILES string of the molecule is COc1cccc(N2CC[NH+](C/C(O)=C(\C#N)c3nnc4n3CCCCC4)CC2)c1. The maximum atomic E-state index is 10.8. The van der Waals surface area contributed by atoms with E-state index < -0.39 is 0 Å². The van der Waals surface area contributed by atoms with Gasteiger partial charge in [0.05, 0.1) is 33.3 Å². The lowest BCUT2D eigenvalue weighted by atomic mass is 10.2. The van der Waals surface area contributed by atoms with Crippen LogP contribution in [0.25, 0.3) is 5.57 Å². The number of nitrogens with zero attached hydrogens (tertiary/aromatic N) is 5. The molecule has 2 aliphatic rings. The number of nitriles is 1. The molecular formula is C22H29N6O2+. The quantitative estimate of drug-likeness (QED) is 0.570. The molecule has 1 aromatic heterocycles. The molecule has 8 heteroatoms. The Morgan fingerprint density at radius 2 is 2.03 bits per heavy atom. The number of benzene rings is 1. The lowest BCUT2D eigenvalue weighted by Gasteiger charge is -2.33. The highest BCUT2D eigenvalue weighted by Crippen LogP contribution is 2.22. The van der Waals surface area contributed by atoms with E-state index in [4.69, 9.17) is 4.74 Å². The van der Waals surface area contributed by atoms with Crippen LogP contribution in [0.5, 0.6) is 5.75 Å². The molecule has 0 bridgehead atoms. The molecule has 0 radical (unpaired) electrons. The van der Waals surface area contributed by atoms with E-state index in [1.54, 1.807) is 7.11 Å². The number of anilines is 1. The Balaban J connectivity index is 1.43. The number of aliphatic hydroxyl groups is 1. The van der Waals surface area contributed by atoms with Crippen LogP contribution in [0.4, 0.5) is 5.69 Å². The second kappa shape index (κ2) is 9.18. The monoisotopic (exact) mass is 409 g/mol. The summed E-state index contributed by atoms with van der Waals surface area (Å²) in [6, 6.07) is 10.3. The van der Waals surface area contributed by atoms with Crippen LogP contribution in [0.3, 0.4) is 0 Å². The molecule has 0 aliphatic carbocycles. The lowest BCUT2D eigenvalue weighted by Crippen LogP contribution is -3.15. The van der Waals surface area contributed by atoms with Crippen LogP contribution in [-0.2, 0) is 13.0 Å². The average Bonchev–Trinajstić information content (AvgIpc) is 3.02. The van der Waals surface area contributed by atoms with E-state index in [2.05, 4.69) is 27.2 Å². The zero-order valence-corrected chi connectivity index (χ0v) is 17.5. The molecule has 3 heterocycles. The number of methoxy groups -OCH3 is 1. The van der Waals surface area contributed by atoms with E-state index in [-0.39, 0.29) is 11.3 Å². The molecule has 1 saturated heterocycles. The highest BCUT2D eigenvalue weighted by molar-refractivity contribution is 5.74. The molecule has 4 rings (SSSR count). The maximum absolute atomic E-state index is 10.8. The van der Waals surface area contributed by atoms with Crippen LogP contribution in [0.15, 0.2) is 30.0 Å². The lowest BCUT2D eigenvalue weighted by molar-refractivity contribution is -0.897. The van der Waals surface area contributed by atoms with Crippen LogP contribution in [0.1, 0.15) is 30.9 Å². The number of piperazine rings is 1. The van der Waals surface area contributed by atoms with Crippen molar-refractivity contribution in [2.75, 3.05) is 44.7 Å². The summed E-state index contributed by atoms with van der Waals surface area (Å²) in [5, 5.41) is 29.0. The minimum atomic E-state index is 0.113. The number of quaternary nitrogens is 1. The van der Waals surface area contributed by atoms with Gasteiger partial charge in [0.15, 0.2) is 11.6 Å². The molecule has 1 fully saturated rings. The number of aryl methyl sites for hydroxylation is 1. The van der Waals surface area contributed by atoms with Gasteiger partial charge in [-0.1, -0.05) is 12.5 Å². The van der Waals surface area contributed by atoms with Crippen molar-refractivity contribution in [2.24, 2.45) is 0 Å². The Morgan fingerprint density at radius 1 is 1.20 bits per heavy atom. The minimum absolute atomic E-state index is 0.113. The minimum Gasteiger partial charge on any atom is -0.506 e. The van der Waals surface area contributed by atoms with Gasteiger partial charge >= 0.3 is 0 Å². The van der Waals surface area contributed by atoms with Gasteiger partial charge in [0, 0.05) is 24.7 Å². The van der Waals surface area contributed by atoms with Gasteiger partial charge in [0.25, 0.3) is 0 Å². The first kappa shape index (κ1) is 20.2. The molecule has 0 unspecified atom stereocenters. The van der Waals surface area contributed by atoms with Crippen LogP contribution >= 0.6 is 0 Å². The third-order valence-electron chi connectivity index (χ3n) is 6.04. The molecule has 0 amide bonds. The summed E-state index contributed by atoms with van der Waals surface area (Å²) in [6.07, 6.45) is 4.18. The molecule has 30 heavy (non-hydrogen) atoms. The van der Waals surface area contributed by atoms with Crippen molar-refractivity contribution in [3.8, 4) is 11.8 Å². The second-order valence-electron chi connectivity index (χ2n) is 7.95. The van der Waals surface area contributed by atoms with Crippen molar-refractivity contribution in [3.05, 3.63) is 41.7 Å². The van der Waals surface area contributed by atoms with E-state index in [0.717, 1.165) is 75.7 Å². The zero-order valence-electron chi connectivity index (χ0n) is 17.5. The van der Waals surface area contributed by atoms with E-state index in [1.807, 2.05) is 22.8 Å². The Bertz CT molecular complexity index is 953. The van der Waals surface area contributed by atoms with Crippen molar-refractivity contribution in [3.63, 3.8) is 0 Å².